The lowest BCUT2D eigenvalue weighted by atomic mass is 9.90. The molecule has 0 bridgehead atoms. The molecule has 0 N–H and O–H groups in total. The van der Waals surface area contributed by atoms with E-state index in [9.17, 15) is 0 Å². The van der Waals surface area contributed by atoms with Gasteiger partial charge >= 0.3 is 0 Å². The Morgan fingerprint density at radius 1 is 0.0786 bits per heavy atom. The molecule has 0 fully saturated rings. The molecule has 0 aliphatic carbocycles. The fourth-order valence-electron chi connectivity index (χ4n) is 17.7. The molecule has 21 aromatic rings. The van der Waals surface area contributed by atoms with Gasteiger partial charge in [0.25, 0.3) is 0 Å². The first-order chi connectivity index (χ1) is 68.2. The average molecular weight is 1810 g/mol. The summed E-state index contributed by atoms with van der Waals surface area (Å²) in [6.07, 6.45) is 0. The molecule has 0 radical (unpaired) electrons. The van der Waals surface area contributed by atoms with Gasteiger partial charge in [0.2, 0.25) is 0 Å². The third-order valence-electron chi connectivity index (χ3n) is 25.9. The lowest BCUT2D eigenvalue weighted by Crippen LogP contribution is -1.89. The van der Waals surface area contributed by atoms with Gasteiger partial charge in [-0.25, -0.2) is 0 Å². The molecule has 21 aromatic carbocycles. The van der Waals surface area contributed by atoms with Crippen molar-refractivity contribution in [2.24, 2.45) is 0 Å². The Bertz CT molecular complexity index is 7150. The van der Waals surface area contributed by atoms with E-state index in [-0.39, 0.29) is 0 Å². The molecule has 21 rings (SSSR count). The van der Waals surface area contributed by atoms with Crippen LogP contribution in [0.3, 0.4) is 0 Å². The molecule has 0 saturated heterocycles. The minimum Gasteiger partial charge on any atom is -0.0620 e. The van der Waals surface area contributed by atoms with Gasteiger partial charge in [-0.1, -0.05) is 536 Å². The second kappa shape index (κ2) is 48.4. The highest BCUT2D eigenvalue weighted by molar-refractivity contribution is 5.88. The Kier molecular flexibility index (Phi) is 33.9. The maximum atomic E-state index is 2.28. The van der Waals surface area contributed by atoms with Gasteiger partial charge < -0.3 is 0 Å². The largest absolute Gasteiger partial charge is 0.0620 e. The second-order valence-electron chi connectivity index (χ2n) is 36.8. The van der Waals surface area contributed by atoms with Gasteiger partial charge in [0.05, 0.1) is 0 Å². The summed E-state index contributed by atoms with van der Waals surface area (Å²) in [5.74, 6) is 0. The summed E-state index contributed by atoms with van der Waals surface area (Å²) in [7, 11) is 0. The zero-order chi connectivity index (χ0) is 97.6. The third kappa shape index (κ3) is 26.7. The molecule has 0 unspecified atom stereocenters. The predicted molar refractivity (Wildman–Crippen MR) is 608 cm³/mol. The van der Waals surface area contributed by atoms with Crippen LogP contribution >= 0.6 is 0 Å². The van der Waals surface area contributed by atoms with E-state index in [4.69, 9.17) is 0 Å². The molecule has 0 nitrogen and oxygen atoms in total. The first kappa shape index (κ1) is 98.1. The highest BCUT2D eigenvalue weighted by Gasteiger charge is 2.15. The average Bonchev–Trinajstić information content (AvgIpc) is 0.795. The predicted octanol–water partition coefficient (Wildman–Crippen LogP) is 39.5. The number of aryl methyl sites for hydroxylation is 14. The smallest absolute Gasteiger partial charge is 0.0103 e. The van der Waals surface area contributed by atoms with Crippen molar-refractivity contribution in [3.63, 3.8) is 0 Å². The van der Waals surface area contributed by atoms with Crippen LogP contribution in [0.2, 0.25) is 0 Å². The summed E-state index contributed by atoms with van der Waals surface area (Å²) in [5, 5.41) is 0. The van der Waals surface area contributed by atoms with E-state index < -0.39 is 0 Å². The van der Waals surface area contributed by atoms with Gasteiger partial charge in [-0.15, -0.1) is 0 Å². The van der Waals surface area contributed by atoms with Gasteiger partial charge in [-0.05, 0) is 304 Å². The van der Waals surface area contributed by atoms with E-state index in [1.54, 1.807) is 0 Å². The van der Waals surface area contributed by atoms with Crippen molar-refractivity contribution >= 4 is 0 Å². The number of hydrogen-bond donors (Lipinski definition) is 0. The van der Waals surface area contributed by atoms with Crippen molar-refractivity contribution < 1.29 is 0 Å². The van der Waals surface area contributed by atoms with Gasteiger partial charge in [-0.3, -0.25) is 0 Å². The lowest BCUT2D eigenvalue weighted by Gasteiger charge is -2.14. The molecule has 0 heteroatoms. The van der Waals surface area contributed by atoms with E-state index >= 15 is 0 Å². The van der Waals surface area contributed by atoms with Crippen LogP contribution in [0, 0.1) is 96.9 Å². The molecule has 0 spiro atoms. The SMILES string of the molecule is Cc1ccc(-c2ccc(-c3ccc(C)cc3)cc2)cc1.Cc1ccc(-c2cccc(-c3ccc(C)cc3)c2)cc1.Cc1ccc(-c2ccccc2-c2ccc(C)cc2)cc1.Cc1cccc(-c2cccc(-c3cccc(C)c3)c2)c1.Cc1ccccc1-c1ccc(-c2ccccc2C)cc1.Cc1ccccc1-c1cccc(-c2ccccc2C)c1.Cc1ccccc1-c1ccccc1-c1ccccc1C. The molecule has 0 aliphatic rings. The van der Waals surface area contributed by atoms with E-state index in [0.29, 0.717) is 0 Å². The van der Waals surface area contributed by atoms with Crippen molar-refractivity contribution in [3.8, 4) is 156 Å². The van der Waals surface area contributed by atoms with E-state index in [0.717, 1.165) is 0 Å². The maximum absolute atomic E-state index is 2.28. The molecule has 686 valence electrons. The molecular weight excluding hydrogens is 1680 g/mol. The zero-order valence-electron chi connectivity index (χ0n) is 83.5. The number of rotatable bonds is 14. The minimum absolute atomic E-state index is 1.26. The molecule has 0 amide bonds. The van der Waals surface area contributed by atoms with Crippen LogP contribution < -0.4 is 0 Å². The van der Waals surface area contributed by atoms with Crippen LogP contribution in [0.4, 0.5) is 0 Å². The van der Waals surface area contributed by atoms with Crippen LogP contribution in [0.5, 0.6) is 0 Å². The van der Waals surface area contributed by atoms with Gasteiger partial charge in [0.1, 0.15) is 0 Å². The summed E-state index contributed by atoms with van der Waals surface area (Å²) in [6, 6.07) is 182. The minimum atomic E-state index is 1.26. The van der Waals surface area contributed by atoms with Crippen LogP contribution in [0.25, 0.3) is 156 Å². The summed E-state index contributed by atoms with van der Waals surface area (Å²) in [4.78, 5) is 0. The summed E-state index contributed by atoms with van der Waals surface area (Å²) < 4.78 is 0. The van der Waals surface area contributed by atoms with E-state index in [1.165, 1.54) is 234 Å². The number of benzene rings is 21. The fraction of sp³-hybridized carbons (Fsp3) is 0.100. The molecule has 0 heterocycles. The van der Waals surface area contributed by atoms with Crippen LogP contribution in [0.15, 0.2) is 510 Å². The van der Waals surface area contributed by atoms with Crippen molar-refractivity contribution in [1.29, 1.82) is 0 Å². The lowest BCUT2D eigenvalue weighted by molar-refractivity contribution is 1.43. The quantitative estimate of drug-likeness (QED) is 0.102. The Labute approximate surface area is 834 Å². The van der Waals surface area contributed by atoms with Gasteiger partial charge in [0, 0.05) is 0 Å². The highest BCUT2D eigenvalue weighted by Crippen LogP contribution is 2.39. The molecule has 0 saturated carbocycles. The second-order valence-corrected chi connectivity index (χ2v) is 36.8. The fourth-order valence-corrected chi connectivity index (χ4v) is 17.7. The molecule has 0 aromatic heterocycles. The topological polar surface area (TPSA) is 0 Å². The zero-order valence-corrected chi connectivity index (χ0v) is 83.5. The molecule has 140 heavy (non-hydrogen) atoms. The van der Waals surface area contributed by atoms with Gasteiger partial charge in [0.15, 0.2) is 0 Å². The Morgan fingerprint density at radius 2 is 0.229 bits per heavy atom. The molecule has 0 aliphatic heterocycles. The standard InChI is InChI=1S/7C20H18/c1-15-3-7-17(8-4-15)19-11-13-20(14-12-19)18-9-5-16(2)6-10-18;1-15-6-3-8-17(12-15)19-10-5-11-20(14-19)18-9-4-7-16(2)13-18;1-15-9-3-5-11-17(15)19-13-7-8-14-20(19)18-12-6-4-10-16(18)2;1-15-8-3-5-12-19(15)17-10-7-11-18(14-17)20-13-6-4-9-16(20)2;1-15-7-3-5-9-19(15)17-11-13-18(14-12-17)20-10-6-4-8-16(20)2;1-15-6-10-17(11-7-15)19-4-3-5-20(14-19)18-12-8-16(2)9-13-18;1-15-7-11-17(12-8-15)19-5-3-4-6-20(19)18-13-9-16(2)10-14-18/h7*3-14H,1-2H3. The first-order valence-electron chi connectivity index (χ1n) is 48.8. The van der Waals surface area contributed by atoms with Crippen LogP contribution in [-0.4, -0.2) is 0 Å². The number of hydrogen-bond acceptors (Lipinski definition) is 0. The van der Waals surface area contributed by atoms with Crippen molar-refractivity contribution in [1.82, 2.24) is 0 Å². The van der Waals surface area contributed by atoms with Crippen LogP contribution in [0.1, 0.15) is 77.9 Å². The Hall–Kier alpha value is -16.4. The highest BCUT2D eigenvalue weighted by atomic mass is 14.2. The van der Waals surface area contributed by atoms with Crippen LogP contribution in [-0.2, 0) is 0 Å². The van der Waals surface area contributed by atoms with Gasteiger partial charge in [-0.2, -0.15) is 0 Å². The molecular formula is C140H126. The molecule has 0 atom stereocenters. The van der Waals surface area contributed by atoms with E-state index in [1.807, 2.05) is 0 Å². The summed E-state index contributed by atoms with van der Waals surface area (Å²) in [6.45, 7) is 30.0. The monoisotopic (exact) mass is 1810 g/mol. The third-order valence-corrected chi connectivity index (χ3v) is 25.9. The Morgan fingerprint density at radius 3 is 0.471 bits per heavy atom. The maximum Gasteiger partial charge on any atom is -0.0103 e. The van der Waals surface area contributed by atoms with Crippen molar-refractivity contribution in [3.05, 3.63) is 587 Å². The normalized spacial score (nSPS) is 10.5. The first-order valence-corrected chi connectivity index (χ1v) is 48.8. The Balaban J connectivity index is 0.000000124. The summed E-state index contributed by atoms with van der Waals surface area (Å²) in [5.41, 5.74) is 54.2. The van der Waals surface area contributed by atoms with E-state index in [2.05, 4.69) is 607 Å². The summed E-state index contributed by atoms with van der Waals surface area (Å²) >= 11 is 0. The van der Waals surface area contributed by atoms with Crippen molar-refractivity contribution in [2.75, 3.05) is 0 Å². The van der Waals surface area contributed by atoms with Crippen molar-refractivity contribution in [2.45, 2.75) is 96.9 Å².